The Balaban J connectivity index is 1.63. The summed E-state index contributed by atoms with van der Waals surface area (Å²) in [6.45, 7) is 3.01. The summed E-state index contributed by atoms with van der Waals surface area (Å²) < 4.78 is 17.0. The van der Waals surface area contributed by atoms with Gasteiger partial charge in [0.2, 0.25) is 5.76 Å². The Hall–Kier alpha value is -4.48. The number of hydrogen-bond acceptors (Lipinski definition) is 9. The smallest absolute Gasteiger partial charge is 0.373 e. The minimum atomic E-state index is -0.583. The van der Waals surface area contributed by atoms with Gasteiger partial charge in [-0.3, -0.25) is 19.6 Å². The molecule has 12 nitrogen and oxygen atoms in total. The third-order valence-corrected chi connectivity index (χ3v) is 4.47. The molecule has 3 aromatic rings. The minimum Gasteiger partial charge on any atom is -0.485 e. The molecular formula is C21H21N5O7. The Morgan fingerprint density at radius 1 is 1.27 bits per heavy atom. The van der Waals surface area contributed by atoms with Crippen molar-refractivity contribution in [3.05, 3.63) is 75.5 Å². The lowest BCUT2D eigenvalue weighted by Gasteiger charge is -2.10. The number of hydrogen-bond donors (Lipinski definition) is 1. The number of nitro groups is 1. The molecule has 0 unspecified atom stereocenters. The van der Waals surface area contributed by atoms with Crippen LogP contribution in [0.2, 0.25) is 0 Å². The van der Waals surface area contributed by atoms with E-state index in [9.17, 15) is 19.7 Å². The van der Waals surface area contributed by atoms with Gasteiger partial charge >= 0.3 is 11.7 Å². The molecule has 0 aliphatic heterocycles. The molecule has 0 saturated heterocycles. The van der Waals surface area contributed by atoms with E-state index < -0.39 is 16.8 Å². The number of nitrogens with one attached hydrogen (secondary N) is 1. The predicted molar refractivity (Wildman–Crippen MR) is 115 cm³/mol. The zero-order valence-electron chi connectivity index (χ0n) is 18.1. The highest BCUT2D eigenvalue weighted by atomic mass is 16.6. The highest BCUT2D eigenvalue weighted by molar-refractivity contribution is 6.01. The number of furan rings is 1. The lowest BCUT2D eigenvalue weighted by atomic mass is 10.1. The number of para-hydroxylation sites is 1. The van der Waals surface area contributed by atoms with Gasteiger partial charge in [-0.2, -0.15) is 10.2 Å². The summed E-state index contributed by atoms with van der Waals surface area (Å²) in [5.74, 6) is -0.0992. The summed E-state index contributed by atoms with van der Waals surface area (Å²) in [6.07, 6.45) is 1.19. The van der Waals surface area contributed by atoms with Gasteiger partial charge in [0.15, 0.2) is 0 Å². The van der Waals surface area contributed by atoms with Gasteiger partial charge < -0.3 is 13.9 Å². The van der Waals surface area contributed by atoms with Crippen LogP contribution in [0.25, 0.3) is 0 Å². The van der Waals surface area contributed by atoms with Crippen LogP contribution in [0.15, 0.2) is 52.1 Å². The largest absolute Gasteiger partial charge is 0.485 e. The molecule has 0 fully saturated rings. The number of aryl methyl sites for hydroxylation is 1. The number of carbonyl (C=O) groups excluding carboxylic acids is 2. The van der Waals surface area contributed by atoms with Gasteiger partial charge in [-0.05, 0) is 38.1 Å². The molecule has 0 radical (unpaired) electrons. The van der Waals surface area contributed by atoms with Crippen molar-refractivity contribution in [3.8, 4) is 5.75 Å². The molecule has 2 aromatic heterocycles. The summed E-state index contributed by atoms with van der Waals surface area (Å²) in [7, 11) is 1.26. The van der Waals surface area contributed by atoms with Crippen LogP contribution in [0, 0.1) is 17.0 Å². The number of ether oxygens (including phenoxy) is 2. The van der Waals surface area contributed by atoms with Crippen molar-refractivity contribution in [1.82, 2.24) is 15.2 Å². The molecule has 1 N–H and O–H groups in total. The van der Waals surface area contributed by atoms with Crippen LogP contribution in [-0.2, 0) is 22.7 Å². The maximum atomic E-state index is 12.2. The van der Waals surface area contributed by atoms with Gasteiger partial charge in [-0.25, -0.2) is 10.2 Å². The zero-order valence-corrected chi connectivity index (χ0v) is 18.1. The van der Waals surface area contributed by atoms with Crippen molar-refractivity contribution >= 4 is 23.3 Å². The zero-order chi connectivity index (χ0) is 24.0. The summed E-state index contributed by atoms with van der Waals surface area (Å²) in [5.41, 5.74) is 3.55. The van der Waals surface area contributed by atoms with Crippen molar-refractivity contribution in [3.63, 3.8) is 0 Å². The fourth-order valence-corrected chi connectivity index (χ4v) is 2.86. The van der Waals surface area contributed by atoms with Crippen LogP contribution in [0.3, 0.4) is 0 Å². The highest BCUT2D eigenvalue weighted by Crippen LogP contribution is 2.21. The van der Waals surface area contributed by atoms with Gasteiger partial charge in [0.05, 0.1) is 17.7 Å². The van der Waals surface area contributed by atoms with E-state index in [-0.39, 0.29) is 30.3 Å². The number of carbonyl (C=O) groups is 2. The molecule has 0 spiro atoms. The molecule has 0 bridgehead atoms. The van der Waals surface area contributed by atoms with E-state index in [4.69, 9.17) is 9.15 Å². The van der Waals surface area contributed by atoms with E-state index in [1.165, 1.54) is 31.0 Å². The summed E-state index contributed by atoms with van der Waals surface area (Å²) in [6, 6.07) is 10.2. The molecule has 0 atom stereocenters. The first kappa shape index (κ1) is 23.2. The Kier molecular flexibility index (Phi) is 7.18. The number of hydrazone groups is 1. The van der Waals surface area contributed by atoms with Crippen molar-refractivity contribution in [1.29, 1.82) is 0 Å². The minimum absolute atomic E-state index is 0.0606. The predicted octanol–water partition coefficient (Wildman–Crippen LogP) is 2.60. The van der Waals surface area contributed by atoms with Gasteiger partial charge in [-0.15, -0.1) is 0 Å². The van der Waals surface area contributed by atoms with Crippen molar-refractivity contribution < 1.29 is 28.4 Å². The maximum Gasteiger partial charge on any atom is 0.373 e. The molecule has 1 aromatic carbocycles. The summed E-state index contributed by atoms with van der Waals surface area (Å²) >= 11 is 0. The number of methoxy groups -OCH3 is 1. The van der Waals surface area contributed by atoms with Gasteiger partial charge in [0, 0.05) is 5.56 Å². The molecule has 33 heavy (non-hydrogen) atoms. The number of aromatic nitrogens is 2. The number of esters is 1. The van der Waals surface area contributed by atoms with Crippen LogP contribution in [0.5, 0.6) is 5.75 Å². The number of amides is 1. The quantitative estimate of drug-likeness (QED) is 0.224. The van der Waals surface area contributed by atoms with Crippen LogP contribution in [0.4, 0.5) is 5.69 Å². The van der Waals surface area contributed by atoms with E-state index in [0.29, 0.717) is 22.8 Å². The monoisotopic (exact) mass is 455 g/mol. The first-order valence-electron chi connectivity index (χ1n) is 9.69. The molecule has 12 heteroatoms. The van der Waals surface area contributed by atoms with Crippen molar-refractivity contribution in [2.75, 3.05) is 7.11 Å². The number of nitrogens with zero attached hydrogens (tertiary/aromatic N) is 4. The second-order valence-electron chi connectivity index (χ2n) is 6.83. The normalized spacial score (nSPS) is 11.2. The van der Waals surface area contributed by atoms with E-state index in [0.717, 1.165) is 0 Å². The highest BCUT2D eigenvalue weighted by Gasteiger charge is 2.17. The topological polar surface area (TPSA) is 151 Å². The number of rotatable bonds is 9. The van der Waals surface area contributed by atoms with Crippen LogP contribution < -0.4 is 10.2 Å². The molecule has 3 rings (SSSR count). The first-order valence-corrected chi connectivity index (χ1v) is 9.69. The Bertz CT molecular complexity index is 1210. The van der Waals surface area contributed by atoms with E-state index in [2.05, 4.69) is 20.4 Å². The third-order valence-electron chi connectivity index (χ3n) is 4.47. The first-order chi connectivity index (χ1) is 15.8. The molecule has 2 heterocycles. The fraction of sp³-hybridized carbons (Fsp3) is 0.238. The van der Waals surface area contributed by atoms with Gasteiger partial charge in [-0.1, -0.05) is 12.1 Å². The van der Waals surface area contributed by atoms with E-state index in [1.807, 2.05) is 0 Å². The Labute approximate surface area is 187 Å². The summed E-state index contributed by atoms with van der Waals surface area (Å²) in [4.78, 5) is 34.0. The molecule has 0 saturated carbocycles. The maximum absolute atomic E-state index is 12.2. The molecule has 0 aliphatic carbocycles. The van der Waals surface area contributed by atoms with Crippen molar-refractivity contribution in [2.24, 2.45) is 5.10 Å². The van der Waals surface area contributed by atoms with E-state index in [1.54, 1.807) is 37.3 Å². The third kappa shape index (κ3) is 5.81. The Morgan fingerprint density at radius 2 is 2.03 bits per heavy atom. The van der Waals surface area contributed by atoms with Crippen LogP contribution in [0.1, 0.15) is 34.5 Å². The second kappa shape index (κ2) is 10.2. The van der Waals surface area contributed by atoms with Crippen molar-refractivity contribution in [2.45, 2.75) is 27.0 Å². The standard InChI is InChI=1S/C21H21N5O7/c1-13(22-23-20(27)11-25-10-17(26(29)30)14(2)24-25)16-6-4-5-7-18(16)32-12-15-8-9-19(33-15)21(28)31-3/h4-10H,11-12H2,1-3H3,(H,23,27)/b22-13+. The lowest BCUT2D eigenvalue weighted by Crippen LogP contribution is -2.24. The average Bonchev–Trinajstić information content (AvgIpc) is 3.42. The Morgan fingerprint density at radius 3 is 2.73 bits per heavy atom. The number of benzene rings is 1. The van der Waals surface area contributed by atoms with Crippen LogP contribution in [-0.4, -0.2) is 39.4 Å². The molecule has 172 valence electrons. The molecular weight excluding hydrogens is 434 g/mol. The second-order valence-corrected chi connectivity index (χ2v) is 6.83. The van der Waals surface area contributed by atoms with Gasteiger partial charge in [0.25, 0.3) is 5.91 Å². The molecule has 1 amide bonds. The fourth-order valence-electron chi connectivity index (χ4n) is 2.86. The molecule has 0 aliphatic rings. The lowest BCUT2D eigenvalue weighted by molar-refractivity contribution is -0.385. The SMILES string of the molecule is COC(=O)c1ccc(COc2ccccc2/C(C)=N/NC(=O)Cn2cc([N+](=O)[O-])c(C)n2)o1. The van der Waals surface area contributed by atoms with Crippen LogP contribution >= 0.6 is 0 Å². The summed E-state index contributed by atoms with van der Waals surface area (Å²) in [5, 5.41) is 18.9. The van der Waals surface area contributed by atoms with E-state index >= 15 is 0 Å². The average molecular weight is 455 g/mol. The van der Waals surface area contributed by atoms with Gasteiger partial charge in [0.1, 0.15) is 36.6 Å².